The van der Waals surface area contributed by atoms with Crippen LogP contribution in [0.25, 0.3) is 11.1 Å². The zero-order valence-electron chi connectivity index (χ0n) is 17.5. The van der Waals surface area contributed by atoms with E-state index < -0.39 is 17.1 Å². The lowest BCUT2D eigenvalue weighted by Gasteiger charge is -2.43. The fourth-order valence-corrected chi connectivity index (χ4v) is 3.99. The van der Waals surface area contributed by atoms with Crippen LogP contribution in [0.5, 0.6) is 5.75 Å². The predicted molar refractivity (Wildman–Crippen MR) is 110 cm³/mol. The van der Waals surface area contributed by atoms with Crippen molar-refractivity contribution in [2.75, 3.05) is 7.11 Å². The number of rotatable bonds is 4. The summed E-state index contributed by atoms with van der Waals surface area (Å²) in [6.07, 6.45) is 0.734. The third kappa shape index (κ3) is 3.49. The Morgan fingerprint density at radius 3 is 1.93 bits per heavy atom. The van der Waals surface area contributed by atoms with Crippen molar-refractivity contribution in [1.82, 2.24) is 0 Å². The first-order valence-electron chi connectivity index (χ1n) is 9.66. The largest absolute Gasteiger partial charge is 0.497 e. The topological polar surface area (TPSA) is 52.6 Å². The van der Waals surface area contributed by atoms with Crippen molar-refractivity contribution in [2.24, 2.45) is 0 Å². The number of aryl methyl sites for hydroxylation is 1. The minimum atomic E-state index is -0.998. The fourth-order valence-electron chi connectivity index (χ4n) is 3.99. The van der Waals surface area contributed by atoms with Gasteiger partial charge in [0.05, 0.1) is 7.11 Å². The van der Waals surface area contributed by atoms with Crippen molar-refractivity contribution in [3.05, 3.63) is 53.6 Å². The molecule has 2 aromatic rings. The van der Waals surface area contributed by atoms with Crippen LogP contribution in [0.4, 0.5) is 0 Å². The smallest absolute Gasteiger partial charge is 0.179 e. The highest BCUT2D eigenvalue weighted by atomic mass is 16.5. The van der Waals surface area contributed by atoms with Crippen LogP contribution in [-0.2, 0) is 20.7 Å². The molecule has 0 atom stereocenters. The van der Waals surface area contributed by atoms with Crippen LogP contribution in [0.1, 0.15) is 51.7 Å². The highest BCUT2D eigenvalue weighted by Crippen LogP contribution is 2.40. The fraction of sp³-hybridized carbons (Fsp3) is 0.417. The maximum absolute atomic E-state index is 13.1. The summed E-state index contributed by atoms with van der Waals surface area (Å²) in [6.45, 7) is 9.02. The Hall–Kier alpha value is -2.46. The summed E-state index contributed by atoms with van der Waals surface area (Å²) in [7, 11) is 1.64. The monoisotopic (exact) mass is 380 g/mol. The predicted octanol–water partition coefficient (Wildman–Crippen LogP) is 4.73. The average Bonchev–Trinajstić information content (AvgIpc) is 2.66. The maximum Gasteiger partial charge on any atom is 0.179 e. The van der Waals surface area contributed by atoms with Crippen LogP contribution in [0, 0.1) is 0 Å². The maximum atomic E-state index is 13.1. The SMILES string of the molecule is CCc1cc(-c2ccc(OC)cc2)ccc1C1C(=O)C(C)(C)OC(C)(C)C1=O. The van der Waals surface area contributed by atoms with Gasteiger partial charge in [-0.05, 0) is 68.5 Å². The first-order valence-corrected chi connectivity index (χ1v) is 9.66. The van der Waals surface area contributed by atoms with Gasteiger partial charge in [-0.2, -0.15) is 0 Å². The minimum absolute atomic E-state index is 0.177. The summed E-state index contributed by atoms with van der Waals surface area (Å²) < 4.78 is 11.0. The number of carbonyl (C=O) groups excluding carboxylic acids is 2. The van der Waals surface area contributed by atoms with E-state index in [4.69, 9.17) is 9.47 Å². The van der Waals surface area contributed by atoms with Gasteiger partial charge in [-0.15, -0.1) is 0 Å². The van der Waals surface area contributed by atoms with Crippen LogP contribution < -0.4 is 4.74 Å². The number of Topliss-reactive ketones (excluding diaryl/α,β-unsaturated/α-hetero) is 2. The molecule has 28 heavy (non-hydrogen) atoms. The Kier molecular flexibility index (Phi) is 5.20. The number of ketones is 2. The number of carbonyl (C=O) groups is 2. The first kappa shape index (κ1) is 20.3. The molecule has 4 nitrogen and oxygen atoms in total. The second-order valence-corrected chi connectivity index (χ2v) is 8.28. The van der Waals surface area contributed by atoms with E-state index in [0.29, 0.717) is 0 Å². The van der Waals surface area contributed by atoms with Crippen LogP contribution in [0.2, 0.25) is 0 Å². The lowest BCUT2D eigenvalue weighted by molar-refractivity contribution is -0.184. The Morgan fingerprint density at radius 1 is 0.893 bits per heavy atom. The number of methoxy groups -OCH3 is 1. The number of ether oxygens (including phenoxy) is 2. The Morgan fingerprint density at radius 2 is 1.43 bits per heavy atom. The number of benzene rings is 2. The molecule has 148 valence electrons. The zero-order valence-corrected chi connectivity index (χ0v) is 17.5. The second-order valence-electron chi connectivity index (χ2n) is 8.28. The van der Waals surface area contributed by atoms with E-state index >= 15 is 0 Å². The minimum Gasteiger partial charge on any atom is -0.497 e. The molecule has 0 bridgehead atoms. The summed E-state index contributed by atoms with van der Waals surface area (Å²) in [4.78, 5) is 26.2. The molecule has 1 saturated heterocycles. The standard InChI is InChI=1S/C24H28O4/c1-7-15-14-17(16-8-11-18(27-6)12-9-16)10-13-19(15)20-21(25)23(2,3)28-24(4,5)22(20)26/h8-14,20H,7H2,1-6H3. The third-order valence-corrected chi connectivity index (χ3v) is 5.48. The van der Waals surface area contributed by atoms with E-state index in [2.05, 4.69) is 6.07 Å². The molecule has 0 aliphatic carbocycles. The van der Waals surface area contributed by atoms with Crippen molar-refractivity contribution in [3.8, 4) is 16.9 Å². The summed E-state index contributed by atoms with van der Waals surface area (Å²) in [5.74, 6) is -0.343. The van der Waals surface area contributed by atoms with Crippen molar-refractivity contribution in [1.29, 1.82) is 0 Å². The quantitative estimate of drug-likeness (QED) is 0.720. The lowest BCUT2D eigenvalue weighted by Crippen LogP contribution is -2.58. The van der Waals surface area contributed by atoms with Crippen molar-refractivity contribution >= 4 is 11.6 Å². The van der Waals surface area contributed by atoms with Gasteiger partial charge in [0.15, 0.2) is 11.6 Å². The Bertz CT molecular complexity index is 881. The van der Waals surface area contributed by atoms with Crippen molar-refractivity contribution < 1.29 is 19.1 Å². The molecule has 0 saturated carbocycles. The third-order valence-electron chi connectivity index (χ3n) is 5.48. The number of hydrogen-bond acceptors (Lipinski definition) is 4. The van der Waals surface area contributed by atoms with E-state index in [-0.39, 0.29) is 11.6 Å². The Labute approximate surface area is 166 Å². The highest BCUT2D eigenvalue weighted by molar-refractivity contribution is 6.15. The molecule has 0 N–H and O–H groups in total. The average molecular weight is 380 g/mol. The first-order chi connectivity index (χ1) is 13.1. The van der Waals surface area contributed by atoms with E-state index in [1.165, 1.54) is 0 Å². The van der Waals surface area contributed by atoms with Gasteiger partial charge in [0.1, 0.15) is 22.9 Å². The molecule has 1 aliphatic rings. The summed E-state index contributed by atoms with van der Waals surface area (Å²) in [6, 6.07) is 13.8. The van der Waals surface area contributed by atoms with Gasteiger partial charge >= 0.3 is 0 Å². The van der Waals surface area contributed by atoms with Crippen molar-refractivity contribution in [3.63, 3.8) is 0 Å². The molecule has 1 aliphatic heterocycles. The van der Waals surface area contributed by atoms with Crippen LogP contribution in [-0.4, -0.2) is 29.9 Å². The molecule has 3 rings (SSSR count). The van der Waals surface area contributed by atoms with E-state index in [1.54, 1.807) is 34.8 Å². The van der Waals surface area contributed by atoms with Gasteiger partial charge in [-0.25, -0.2) is 0 Å². The molecular weight excluding hydrogens is 352 g/mol. The van der Waals surface area contributed by atoms with E-state index in [9.17, 15) is 9.59 Å². The molecule has 2 aromatic carbocycles. The summed E-state index contributed by atoms with van der Waals surface area (Å²) >= 11 is 0. The molecular formula is C24H28O4. The molecule has 1 heterocycles. The van der Waals surface area contributed by atoms with Gasteiger partial charge in [-0.1, -0.05) is 37.3 Å². The van der Waals surface area contributed by atoms with Gasteiger partial charge < -0.3 is 9.47 Å². The van der Waals surface area contributed by atoms with Crippen LogP contribution in [0.15, 0.2) is 42.5 Å². The van der Waals surface area contributed by atoms with Crippen molar-refractivity contribution in [2.45, 2.75) is 58.2 Å². The van der Waals surface area contributed by atoms with Gasteiger partial charge in [0.25, 0.3) is 0 Å². The normalized spacial score (nSPS) is 18.9. The Balaban J connectivity index is 2.06. The molecule has 0 spiro atoms. The van der Waals surface area contributed by atoms with E-state index in [1.807, 2.05) is 43.3 Å². The molecule has 4 heteroatoms. The molecule has 1 fully saturated rings. The van der Waals surface area contributed by atoms with Gasteiger partial charge in [-0.3, -0.25) is 9.59 Å². The zero-order chi connectivity index (χ0) is 20.7. The lowest BCUT2D eigenvalue weighted by atomic mass is 9.73. The number of hydrogen-bond donors (Lipinski definition) is 0. The van der Waals surface area contributed by atoms with Gasteiger partial charge in [0, 0.05) is 0 Å². The molecule has 0 radical (unpaired) electrons. The summed E-state index contributed by atoms with van der Waals surface area (Å²) in [5, 5.41) is 0. The summed E-state index contributed by atoms with van der Waals surface area (Å²) in [5.41, 5.74) is 1.91. The molecule has 0 aromatic heterocycles. The van der Waals surface area contributed by atoms with E-state index in [0.717, 1.165) is 34.4 Å². The van der Waals surface area contributed by atoms with Crippen LogP contribution >= 0.6 is 0 Å². The molecule has 0 unspecified atom stereocenters. The van der Waals surface area contributed by atoms with Crippen LogP contribution in [0.3, 0.4) is 0 Å². The second kappa shape index (κ2) is 7.17. The highest BCUT2D eigenvalue weighted by Gasteiger charge is 2.53. The van der Waals surface area contributed by atoms with Gasteiger partial charge in [0.2, 0.25) is 0 Å². The molecule has 0 amide bonds.